The van der Waals surface area contributed by atoms with Gasteiger partial charge in [-0.15, -0.1) is 0 Å². The van der Waals surface area contributed by atoms with Gasteiger partial charge in [-0.2, -0.15) is 0 Å². The Balaban J connectivity index is 2.67. The van der Waals surface area contributed by atoms with Crippen LogP contribution < -0.4 is 0 Å². The monoisotopic (exact) mass is 213 g/mol. The second-order valence-electron chi connectivity index (χ2n) is 4.38. The Morgan fingerprint density at radius 1 is 1.33 bits per heavy atom. The molecule has 0 radical (unpaired) electrons. The topological polar surface area (TPSA) is 57.6 Å². The van der Waals surface area contributed by atoms with Crippen molar-refractivity contribution in [3.8, 4) is 0 Å². The fraction of sp³-hybridized carbons (Fsp3) is 0.818. The van der Waals surface area contributed by atoms with E-state index in [1.807, 2.05) is 6.92 Å². The van der Waals surface area contributed by atoms with E-state index in [4.69, 9.17) is 0 Å². The summed E-state index contributed by atoms with van der Waals surface area (Å²) >= 11 is 0. The van der Waals surface area contributed by atoms with Gasteiger partial charge in [0.1, 0.15) is 0 Å². The molecule has 1 rings (SSSR count). The van der Waals surface area contributed by atoms with Gasteiger partial charge in [0.15, 0.2) is 0 Å². The van der Waals surface area contributed by atoms with Gasteiger partial charge in [0.05, 0.1) is 5.41 Å². The van der Waals surface area contributed by atoms with Crippen LogP contribution in [0.4, 0.5) is 0 Å². The summed E-state index contributed by atoms with van der Waals surface area (Å²) in [5.74, 6) is -0.861. The highest BCUT2D eigenvalue weighted by molar-refractivity contribution is 5.85. The number of carboxylic acid groups (broad SMARTS) is 1. The highest BCUT2D eigenvalue weighted by Gasteiger charge is 2.43. The van der Waals surface area contributed by atoms with Crippen molar-refractivity contribution in [1.82, 2.24) is 4.90 Å². The zero-order valence-corrected chi connectivity index (χ0v) is 9.45. The van der Waals surface area contributed by atoms with Crippen LogP contribution in [-0.2, 0) is 9.59 Å². The standard InChI is InChI=1S/C11H19NO3/c1-3-12(2)9(13)8-11(10(14)15)6-4-5-7-11/h3-8H2,1-2H3,(H,14,15). The number of amides is 1. The molecule has 0 bridgehead atoms. The molecule has 1 N–H and O–H groups in total. The predicted octanol–water partition coefficient (Wildman–Crippen LogP) is 1.50. The molecule has 4 heteroatoms. The van der Waals surface area contributed by atoms with Gasteiger partial charge >= 0.3 is 5.97 Å². The van der Waals surface area contributed by atoms with E-state index in [1.165, 1.54) is 0 Å². The molecule has 0 aromatic heterocycles. The Bertz CT molecular complexity index is 257. The van der Waals surface area contributed by atoms with Crippen molar-refractivity contribution in [1.29, 1.82) is 0 Å². The van der Waals surface area contributed by atoms with E-state index in [1.54, 1.807) is 11.9 Å². The quantitative estimate of drug-likeness (QED) is 0.770. The Kier molecular flexibility index (Phi) is 3.72. The number of hydrogen-bond donors (Lipinski definition) is 1. The average molecular weight is 213 g/mol. The maximum absolute atomic E-state index is 11.7. The molecule has 0 aromatic rings. The first-order valence-electron chi connectivity index (χ1n) is 5.49. The summed E-state index contributed by atoms with van der Waals surface area (Å²) in [6.45, 7) is 2.52. The third kappa shape index (κ3) is 2.49. The molecule has 0 saturated heterocycles. The number of carboxylic acids is 1. The van der Waals surface area contributed by atoms with Crippen LogP contribution in [0, 0.1) is 5.41 Å². The lowest BCUT2D eigenvalue weighted by Gasteiger charge is -2.25. The van der Waals surface area contributed by atoms with E-state index in [9.17, 15) is 14.7 Å². The second-order valence-corrected chi connectivity index (χ2v) is 4.38. The highest BCUT2D eigenvalue weighted by atomic mass is 16.4. The third-order valence-corrected chi connectivity index (χ3v) is 3.40. The first-order chi connectivity index (χ1) is 7.02. The second kappa shape index (κ2) is 4.64. The van der Waals surface area contributed by atoms with E-state index >= 15 is 0 Å². The van der Waals surface area contributed by atoms with Crippen LogP contribution in [0.5, 0.6) is 0 Å². The van der Waals surface area contributed by atoms with E-state index in [0.29, 0.717) is 19.4 Å². The summed E-state index contributed by atoms with van der Waals surface area (Å²) in [4.78, 5) is 24.5. The lowest BCUT2D eigenvalue weighted by atomic mass is 9.82. The van der Waals surface area contributed by atoms with E-state index in [2.05, 4.69) is 0 Å². The van der Waals surface area contributed by atoms with Gasteiger partial charge < -0.3 is 10.0 Å². The van der Waals surface area contributed by atoms with E-state index < -0.39 is 11.4 Å². The van der Waals surface area contributed by atoms with Crippen LogP contribution in [0.15, 0.2) is 0 Å². The molecular formula is C11H19NO3. The fourth-order valence-corrected chi connectivity index (χ4v) is 2.12. The molecule has 86 valence electrons. The zero-order valence-electron chi connectivity index (χ0n) is 9.45. The molecule has 4 nitrogen and oxygen atoms in total. The predicted molar refractivity (Wildman–Crippen MR) is 56.5 cm³/mol. The highest BCUT2D eigenvalue weighted by Crippen LogP contribution is 2.41. The van der Waals surface area contributed by atoms with Crippen molar-refractivity contribution in [2.75, 3.05) is 13.6 Å². The maximum Gasteiger partial charge on any atom is 0.310 e. The fourth-order valence-electron chi connectivity index (χ4n) is 2.12. The maximum atomic E-state index is 11.7. The summed E-state index contributed by atoms with van der Waals surface area (Å²) in [6.07, 6.45) is 3.30. The average Bonchev–Trinajstić information content (AvgIpc) is 2.66. The summed E-state index contributed by atoms with van der Waals surface area (Å²) in [7, 11) is 1.72. The van der Waals surface area contributed by atoms with Gasteiger partial charge in [-0.05, 0) is 19.8 Å². The Morgan fingerprint density at radius 3 is 2.27 bits per heavy atom. The van der Waals surface area contributed by atoms with Crippen LogP contribution in [0.2, 0.25) is 0 Å². The zero-order chi connectivity index (χ0) is 11.5. The van der Waals surface area contributed by atoms with Crippen molar-refractivity contribution in [3.63, 3.8) is 0 Å². The van der Waals surface area contributed by atoms with Crippen LogP contribution >= 0.6 is 0 Å². The lowest BCUT2D eigenvalue weighted by molar-refractivity contribution is -0.153. The minimum atomic E-state index is -0.808. The van der Waals surface area contributed by atoms with Gasteiger partial charge in [0.25, 0.3) is 0 Å². The Labute approximate surface area is 90.3 Å². The minimum absolute atomic E-state index is 0.0539. The van der Waals surface area contributed by atoms with Gasteiger partial charge in [0, 0.05) is 20.0 Å². The number of rotatable bonds is 4. The van der Waals surface area contributed by atoms with E-state index in [0.717, 1.165) is 12.8 Å². The van der Waals surface area contributed by atoms with E-state index in [-0.39, 0.29) is 12.3 Å². The lowest BCUT2D eigenvalue weighted by Crippen LogP contribution is -2.36. The first-order valence-corrected chi connectivity index (χ1v) is 5.49. The molecule has 1 amide bonds. The summed E-state index contributed by atoms with van der Waals surface area (Å²) < 4.78 is 0. The Morgan fingerprint density at radius 2 is 1.87 bits per heavy atom. The van der Waals surface area contributed by atoms with Crippen LogP contribution in [0.3, 0.4) is 0 Å². The minimum Gasteiger partial charge on any atom is -0.481 e. The molecule has 0 atom stereocenters. The third-order valence-electron chi connectivity index (χ3n) is 3.40. The van der Waals surface area contributed by atoms with Gasteiger partial charge in [0.2, 0.25) is 5.91 Å². The molecule has 1 aliphatic carbocycles. The number of aliphatic carboxylic acids is 1. The number of carbonyl (C=O) groups excluding carboxylic acids is 1. The number of carbonyl (C=O) groups is 2. The molecular weight excluding hydrogens is 194 g/mol. The molecule has 1 saturated carbocycles. The number of hydrogen-bond acceptors (Lipinski definition) is 2. The largest absolute Gasteiger partial charge is 0.481 e. The molecule has 0 heterocycles. The first kappa shape index (κ1) is 12.0. The number of nitrogens with zero attached hydrogens (tertiary/aromatic N) is 1. The molecule has 0 aliphatic heterocycles. The Hall–Kier alpha value is -1.06. The van der Waals surface area contributed by atoms with Crippen molar-refractivity contribution in [2.24, 2.45) is 5.41 Å². The smallest absolute Gasteiger partial charge is 0.310 e. The molecule has 0 spiro atoms. The van der Waals surface area contributed by atoms with Crippen molar-refractivity contribution in [2.45, 2.75) is 39.0 Å². The summed E-state index contributed by atoms with van der Waals surface area (Å²) in [5, 5.41) is 9.20. The van der Waals surface area contributed by atoms with Crippen LogP contribution in [-0.4, -0.2) is 35.5 Å². The molecule has 1 fully saturated rings. The van der Waals surface area contributed by atoms with Crippen molar-refractivity contribution >= 4 is 11.9 Å². The SMILES string of the molecule is CCN(C)C(=O)CC1(C(=O)O)CCCC1. The normalized spacial score (nSPS) is 18.8. The van der Waals surface area contributed by atoms with Crippen LogP contribution in [0.1, 0.15) is 39.0 Å². The molecule has 1 aliphatic rings. The van der Waals surface area contributed by atoms with Gasteiger partial charge in [-0.25, -0.2) is 0 Å². The molecule has 15 heavy (non-hydrogen) atoms. The van der Waals surface area contributed by atoms with Gasteiger partial charge in [-0.1, -0.05) is 12.8 Å². The van der Waals surface area contributed by atoms with Crippen molar-refractivity contribution in [3.05, 3.63) is 0 Å². The summed E-state index contributed by atoms with van der Waals surface area (Å²) in [5.41, 5.74) is -0.777. The van der Waals surface area contributed by atoms with Gasteiger partial charge in [-0.3, -0.25) is 9.59 Å². The summed E-state index contributed by atoms with van der Waals surface area (Å²) in [6, 6.07) is 0. The van der Waals surface area contributed by atoms with Crippen LogP contribution in [0.25, 0.3) is 0 Å². The van der Waals surface area contributed by atoms with Crippen molar-refractivity contribution < 1.29 is 14.7 Å². The molecule has 0 aromatic carbocycles. The molecule has 0 unspecified atom stereocenters.